The van der Waals surface area contributed by atoms with Crippen LogP contribution in [-0.4, -0.2) is 71.3 Å². The van der Waals surface area contributed by atoms with Crippen molar-refractivity contribution in [2.75, 3.05) is 45.8 Å². The molecule has 1 unspecified atom stereocenters. The van der Waals surface area contributed by atoms with E-state index in [1.165, 1.54) is 16.8 Å². The van der Waals surface area contributed by atoms with Gasteiger partial charge in [-0.15, -0.1) is 0 Å². The van der Waals surface area contributed by atoms with Crippen molar-refractivity contribution in [3.05, 3.63) is 28.2 Å². The van der Waals surface area contributed by atoms with Gasteiger partial charge in [-0.05, 0) is 24.9 Å². The lowest BCUT2D eigenvalue weighted by Gasteiger charge is -2.35. The maximum Gasteiger partial charge on any atom is 0.271 e. The molecule has 1 amide bonds. The highest BCUT2D eigenvalue weighted by molar-refractivity contribution is 5.91. The van der Waals surface area contributed by atoms with Gasteiger partial charge in [-0.3, -0.25) is 9.59 Å². The number of piperazine rings is 1. The molecule has 0 aliphatic carbocycles. The van der Waals surface area contributed by atoms with Crippen molar-refractivity contribution >= 4 is 5.91 Å². The molecule has 0 aromatic carbocycles. The molecule has 7 nitrogen and oxygen atoms in total. The summed E-state index contributed by atoms with van der Waals surface area (Å²) in [4.78, 5) is 28.9. The highest BCUT2D eigenvalue weighted by Crippen LogP contribution is 2.05. The number of carbonyl (C=O) groups excluding carboxylic acids is 1. The SMILES string of the molecule is CCCn1nc(C(=O)NCC(C)CN2CCN(CC)CC2)ccc1=O. The Hall–Kier alpha value is -1.73. The zero-order valence-electron chi connectivity index (χ0n) is 15.7. The Morgan fingerprint density at radius 1 is 1.20 bits per heavy atom. The molecule has 1 aromatic rings. The van der Waals surface area contributed by atoms with Gasteiger partial charge in [0, 0.05) is 51.9 Å². The Bertz CT molecular complexity index is 608. The number of carbonyl (C=O) groups is 1. The standard InChI is InChI=1S/C18H31N5O2/c1-4-8-23-17(24)7-6-16(20-23)18(25)19-13-15(3)14-22-11-9-21(5-2)10-12-22/h6-7,15H,4-5,8-14H2,1-3H3,(H,19,25). The van der Waals surface area contributed by atoms with E-state index < -0.39 is 0 Å². The van der Waals surface area contributed by atoms with E-state index in [0.717, 1.165) is 45.7 Å². The molecular weight excluding hydrogens is 318 g/mol. The highest BCUT2D eigenvalue weighted by Gasteiger charge is 2.18. The lowest BCUT2D eigenvalue weighted by Crippen LogP contribution is -2.48. The first kappa shape index (κ1) is 19.6. The van der Waals surface area contributed by atoms with E-state index in [1.807, 2.05) is 6.92 Å². The van der Waals surface area contributed by atoms with Crippen molar-refractivity contribution in [3.63, 3.8) is 0 Å². The maximum absolute atomic E-state index is 12.3. The minimum absolute atomic E-state index is 0.169. The van der Waals surface area contributed by atoms with Gasteiger partial charge in [-0.1, -0.05) is 20.8 Å². The summed E-state index contributed by atoms with van der Waals surface area (Å²) in [5.74, 6) is 0.158. The van der Waals surface area contributed by atoms with Crippen LogP contribution in [0.1, 0.15) is 37.7 Å². The minimum Gasteiger partial charge on any atom is -0.350 e. The van der Waals surface area contributed by atoms with Crippen LogP contribution in [-0.2, 0) is 6.54 Å². The molecular formula is C18H31N5O2. The normalized spacial score (nSPS) is 17.4. The number of aryl methyl sites for hydroxylation is 1. The lowest BCUT2D eigenvalue weighted by molar-refractivity contribution is 0.0926. The van der Waals surface area contributed by atoms with Gasteiger partial charge >= 0.3 is 0 Å². The van der Waals surface area contributed by atoms with Crippen LogP contribution in [0.4, 0.5) is 0 Å². The molecule has 0 saturated carbocycles. The zero-order valence-corrected chi connectivity index (χ0v) is 15.7. The highest BCUT2D eigenvalue weighted by atomic mass is 16.2. The third-order valence-corrected chi connectivity index (χ3v) is 4.63. The average Bonchev–Trinajstić information content (AvgIpc) is 2.62. The van der Waals surface area contributed by atoms with Crippen molar-refractivity contribution < 1.29 is 4.79 Å². The molecule has 1 fully saturated rings. The molecule has 25 heavy (non-hydrogen) atoms. The van der Waals surface area contributed by atoms with Gasteiger partial charge in [0.05, 0.1) is 0 Å². The number of aromatic nitrogens is 2. The number of nitrogens with zero attached hydrogens (tertiary/aromatic N) is 4. The molecule has 2 rings (SSSR count). The van der Waals surface area contributed by atoms with E-state index in [4.69, 9.17) is 0 Å². The Morgan fingerprint density at radius 2 is 1.88 bits per heavy atom. The molecule has 0 bridgehead atoms. The first-order valence-corrected chi connectivity index (χ1v) is 9.34. The van der Waals surface area contributed by atoms with Gasteiger partial charge in [-0.2, -0.15) is 5.10 Å². The third-order valence-electron chi connectivity index (χ3n) is 4.63. The molecule has 1 aliphatic heterocycles. The summed E-state index contributed by atoms with van der Waals surface area (Å²) in [6, 6.07) is 2.91. The van der Waals surface area contributed by atoms with Crippen molar-refractivity contribution in [3.8, 4) is 0 Å². The topological polar surface area (TPSA) is 70.5 Å². The lowest BCUT2D eigenvalue weighted by atomic mass is 10.1. The van der Waals surface area contributed by atoms with E-state index in [-0.39, 0.29) is 11.5 Å². The van der Waals surface area contributed by atoms with Gasteiger partial charge in [0.2, 0.25) is 0 Å². The molecule has 1 aliphatic rings. The zero-order chi connectivity index (χ0) is 18.2. The van der Waals surface area contributed by atoms with Gasteiger partial charge in [-0.25, -0.2) is 4.68 Å². The number of rotatable bonds is 8. The van der Waals surface area contributed by atoms with Crippen LogP contribution in [0.25, 0.3) is 0 Å². The number of amides is 1. The molecule has 1 aromatic heterocycles. The monoisotopic (exact) mass is 349 g/mol. The quantitative estimate of drug-likeness (QED) is 0.746. The Kier molecular flexibility index (Phi) is 7.58. The van der Waals surface area contributed by atoms with Crippen LogP contribution < -0.4 is 10.9 Å². The van der Waals surface area contributed by atoms with Gasteiger partial charge in [0.15, 0.2) is 0 Å². The summed E-state index contributed by atoms with van der Waals surface area (Å²) in [5.41, 5.74) is 0.134. The minimum atomic E-state index is -0.215. The van der Waals surface area contributed by atoms with Crippen LogP contribution in [0.15, 0.2) is 16.9 Å². The molecule has 7 heteroatoms. The van der Waals surface area contributed by atoms with E-state index in [9.17, 15) is 9.59 Å². The van der Waals surface area contributed by atoms with Crippen LogP contribution in [0.3, 0.4) is 0 Å². The van der Waals surface area contributed by atoms with Crippen LogP contribution in [0.2, 0.25) is 0 Å². The van der Waals surface area contributed by atoms with Gasteiger partial charge in [0.1, 0.15) is 5.69 Å². The predicted octanol–water partition coefficient (Wildman–Crippen LogP) is 0.657. The first-order valence-electron chi connectivity index (χ1n) is 9.34. The maximum atomic E-state index is 12.3. The molecule has 140 valence electrons. The fourth-order valence-corrected chi connectivity index (χ4v) is 3.09. The van der Waals surface area contributed by atoms with Crippen LogP contribution in [0, 0.1) is 5.92 Å². The summed E-state index contributed by atoms with van der Waals surface area (Å²) >= 11 is 0. The first-order chi connectivity index (χ1) is 12.0. The van der Waals surface area contributed by atoms with Gasteiger partial charge in [0.25, 0.3) is 11.5 Å². The molecule has 0 spiro atoms. The largest absolute Gasteiger partial charge is 0.350 e. The van der Waals surface area contributed by atoms with Crippen molar-refractivity contribution in [2.24, 2.45) is 5.92 Å². The van der Waals surface area contributed by atoms with E-state index in [1.54, 1.807) is 0 Å². The molecule has 1 saturated heterocycles. The molecule has 1 N–H and O–H groups in total. The van der Waals surface area contributed by atoms with Crippen LogP contribution >= 0.6 is 0 Å². The van der Waals surface area contributed by atoms with Crippen molar-refractivity contribution in [2.45, 2.75) is 33.7 Å². The average molecular weight is 349 g/mol. The smallest absolute Gasteiger partial charge is 0.271 e. The van der Waals surface area contributed by atoms with E-state index in [2.05, 4.69) is 34.1 Å². The van der Waals surface area contributed by atoms with E-state index in [0.29, 0.717) is 24.7 Å². The number of nitrogens with one attached hydrogen (secondary N) is 1. The summed E-state index contributed by atoms with van der Waals surface area (Å²) in [6.45, 7) is 14.0. The summed E-state index contributed by atoms with van der Waals surface area (Å²) in [7, 11) is 0. The summed E-state index contributed by atoms with van der Waals surface area (Å²) in [6.07, 6.45) is 0.806. The van der Waals surface area contributed by atoms with Crippen molar-refractivity contribution in [1.82, 2.24) is 24.9 Å². The second-order valence-electron chi connectivity index (χ2n) is 6.83. The second-order valence-corrected chi connectivity index (χ2v) is 6.83. The third kappa shape index (κ3) is 5.93. The second kappa shape index (κ2) is 9.68. The van der Waals surface area contributed by atoms with Gasteiger partial charge < -0.3 is 15.1 Å². The van der Waals surface area contributed by atoms with Crippen molar-refractivity contribution in [1.29, 1.82) is 0 Å². The number of hydrogen-bond donors (Lipinski definition) is 1. The Balaban J connectivity index is 1.79. The number of likely N-dealkylation sites (N-methyl/N-ethyl adjacent to an activating group) is 1. The summed E-state index contributed by atoms with van der Waals surface area (Å²) < 4.78 is 1.35. The van der Waals surface area contributed by atoms with Crippen LogP contribution in [0.5, 0.6) is 0 Å². The molecule has 0 radical (unpaired) electrons. The fourth-order valence-electron chi connectivity index (χ4n) is 3.09. The predicted molar refractivity (Wildman–Crippen MR) is 98.8 cm³/mol. The Morgan fingerprint density at radius 3 is 2.52 bits per heavy atom. The number of hydrogen-bond acceptors (Lipinski definition) is 5. The Labute approximate surface area is 150 Å². The fraction of sp³-hybridized carbons (Fsp3) is 0.722. The summed E-state index contributed by atoms with van der Waals surface area (Å²) in [5, 5.41) is 7.09. The van der Waals surface area contributed by atoms with E-state index >= 15 is 0 Å². The molecule has 2 heterocycles. The molecule has 1 atom stereocenters.